The summed E-state index contributed by atoms with van der Waals surface area (Å²) >= 11 is 3.50. The second-order valence-corrected chi connectivity index (χ2v) is 6.54. The summed E-state index contributed by atoms with van der Waals surface area (Å²) in [6.07, 6.45) is 3.55. The van der Waals surface area contributed by atoms with Gasteiger partial charge in [0.05, 0.1) is 13.7 Å². The largest absolute Gasteiger partial charge is 0.496 e. The minimum Gasteiger partial charge on any atom is -0.496 e. The summed E-state index contributed by atoms with van der Waals surface area (Å²) in [7, 11) is 3.45. The Balaban J connectivity index is 1.59. The quantitative estimate of drug-likeness (QED) is 0.611. The Hall–Kier alpha value is -2.09. The van der Waals surface area contributed by atoms with E-state index >= 15 is 0 Å². The van der Waals surface area contributed by atoms with Crippen LogP contribution in [0.15, 0.2) is 34.0 Å². The number of hydrogen-bond acceptors (Lipinski definition) is 4. The molecule has 2 heterocycles. The summed E-state index contributed by atoms with van der Waals surface area (Å²) in [6.45, 7) is 1.43. The van der Waals surface area contributed by atoms with Crippen molar-refractivity contribution in [2.24, 2.45) is 4.99 Å². The van der Waals surface area contributed by atoms with E-state index in [0.717, 1.165) is 47.0 Å². The van der Waals surface area contributed by atoms with Crippen LogP contribution in [0.5, 0.6) is 5.75 Å². The van der Waals surface area contributed by atoms with Crippen LogP contribution in [0.1, 0.15) is 17.8 Å². The maximum absolute atomic E-state index is 5.41. The highest BCUT2D eigenvalue weighted by atomic mass is 79.9. The summed E-state index contributed by atoms with van der Waals surface area (Å²) in [5.74, 6) is 2.67. The Morgan fingerprint density at radius 2 is 2.38 bits per heavy atom. The van der Waals surface area contributed by atoms with Gasteiger partial charge in [-0.05, 0) is 24.6 Å². The molecule has 1 aromatic carbocycles. The number of aryl methyl sites for hydroxylation is 1. The van der Waals surface area contributed by atoms with Crippen LogP contribution < -0.4 is 15.4 Å². The lowest BCUT2D eigenvalue weighted by Crippen LogP contribution is -2.46. The molecule has 24 heavy (non-hydrogen) atoms. The van der Waals surface area contributed by atoms with Gasteiger partial charge >= 0.3 is 0 Å². The smallest absolute Gasteiger partial charge is 0.191 e. The molecule has 0 radical (unpaired) electrons. The van der Waals surface area contributed by atoms with Crippen LogP contribution in [-0.4, -0.2) is 40.9 Å². The Bertz CT molecular complexity index is 729. The van der Waals surface area contributed by atoms with Gasteiger partial charge in [0, 0.05) is 36.1 Å². The maximum Gasteiger partial charge on any atom is 0.191 e. The number of fused-ring (bicyclic) bond motifs is 1. The van der Waals surface area contributed by atoms with E-state index in [1.54, 1.807) is 20.5 Å². The first-order valence-electron chi connectivity index (χ1n) is 7.86. The predicted molar refractivity (Wildman–Crippen MR) is 96.2 cm³/mol. The zero-order chi connectivity index (χ0) is 16.9. The molecule has 2 aromatic rings. The van der Waals surface area contributed by atoms with Gasteiger partial charge in [-0.25, -0.2) is 9.67 Å². The SMILES string of the molecule is CN=C(NCc1cc(Br)ccc1OC)NC1CCc2ncnn2C1. The van der Waals surface area contributed by atoms with E-state index < -0.39 is 0 Å². The summed E-state index contributed by atoms with van der Waals surface area (Å²) in [5.41, 5.74) is 1.07. The third kappa shape index (κ3) is 3.87. The number of rotatable bonds is 4. The van der Waals surface area contributed by atoms with Gasteiger partial charge in [0.25, 0.3) is 0 Å². The summed E-state index contributed by atoms with van der Waals surface area (Å²) in [5, 5.41) is 11.1. The Kier molecular flexibility index (Phi) is 5.34. The van der Waals surface area contributed by atoms with Crippen molar-refractivity contribution < 1.29 is 4.74 Å². The number of nitrogens with one attached hydrogen (secondary N) is 2. The van der Waals surface area contributed by atoms with Crippen molar-refractivity contribution in [1.82, 2.24) is 25.4 Å². The van der Waals surface area contributed by atoms with Crippen LogP contribution in [0.2, 0.25) is 0 Å². The third-order valence-electron chi connectivity index (χ3n) is 4.06. The second-order valence-electron chi connectivity index (χ2n) is 5.62. The molecule has 1 aliphatic rings. The predicted octanol–water partition coefficient (Wildman–Crippen LogP) is 1.73. The number of hydrogen-bond donors (Lipinski definition) is 2. The lowest BCUT2D eigenvalue weighted by atomic mass is 10.1. The van der Waals surface area contributed by atoms with E-state index in [0.29, 0.717) is 6.54 Å². The fourth-order valence-corrected chi connectivity index (χ4v) is 3.22. The molecule has 128 valence electrons. The summed E-state index contributed by atoms with van der Waals surface area (Å²) < 4.78 is 8.38. The van der Waals surface area contributed by atoms with E-state index in [1.165, 1.54) is 0 Å². The van der Waals surface area contributed by atoms with Crippen LogP contribution in [0.25, 0.3) is 0 Å². The van der Waals surface area contributed by atoms with E-state index in [4.69, 9.17) is 4.74 Å². The minimum absolute atomic E-state index is 0.287. The molecule has 0 saturated carbocycles. The topological polar surface area (TPSA) is 76.4 Å². The molecule has 0 fully saturated rings. The zero-order valence-electron chi connectivity index (χ0n) is 13.8. The van der Waals surface area contributed by atoms with Gasteiger partial charge < -0.3 is 15.4 Å². The fourth-order valence-electron chi connectivity index (χ4n) is 2.81. The van der Waals surface area contributed by atoms with E-state index in [9.17, 15) is 0 Å². The molecule has 0 bridgehead atoms. The highest BCUT2D eigenvalue weighted by molar-refractivity contribution is 9.10. The Morgan fingerprint density at radius 1 is 1.50 bits per heavy atom. The number of ether oxygens (including phenoxy) is 1. The summed E-state index contributed by atoms with van der Waals surface area (Å²) in [6, 6.07) is 6.24. The number of aromatic nitrogens is 3. The van der Waals surface area contributed by atoms with Crippen molar-refractivity contribution >= 4 is 21.9 Å². The first-order valence-corrected chi connectivity index (χ1v) is 8.65. The molecule has 0 saturated heterocycles. The van der Waals surface area contributed by atoms with Crippen LogP contribution in [0.4, 0.5) is 0 Å². The molecule has 8 heteroatoms. The van der Waals surface area contributed by atoms with Gasteiger partial charge in [-0.15, -0.1) is 0 Å². The monoisotopic (exact) mass is 392 g/mol. The van der Waals surface area contributed by atoms with Gasteiger partial charge in [0.15, 0.2) is 5.96 Å². The van der Waals surface area contributed by atoms with Crippen molar-refractivity contribution in [2.45, 2.75) is 32.0 Å². The van der Waals surface area contributed by atoms with Crippen LogP contribution in [-0.2, 0) is 19.5 Å². The number of methoxy groups -OCH3 is 1. The molecule has 1 aromatic heterocycles. The third-order valence-corrected chi connectivity index (χ3v) is 4.55. The Labute approximate surface area is 149 Å². The number of guanidine groups is 1. The van der Waals surface area contributed by atoms with E-state index in [-0.39, 0.29) is 6.04 Å². The normalized spacial score (nSPS) is 17.3. The number of nitrogens with zero attached hydrogens (tertiary/aromatic N) is 4. The number of halogens is 1. The van der Waals surface area contributed by atoms with E-state index in [1.807, 2.05) is 22.9 Å². The average molecular weight is 393 g/mol. The highest BCUT2D eigenvalue weighted by Crippen LogP contribution is 2.22. The van der Waals surface area contributed by atoms with Crippen LogP contribution in [0, 0.1) is 0 Å². The molecule has 0 aliphatic carbocycles. The first kappa shape index (κ1) is 16.8. The fraction of sp³-hybridized carbons (Fsp3) is 0.438. The van der Waals surface area contributed by atoms with Crippen molar-refractivity contribution in [3.8, 4) is 5.75 Å². The van der Waals surface area contributed by atoms with E-state index in [2.05, 4.69) is 41.6 Å². The molecule has 0 amide bonds. The molecule has 1 unspecified atom stereocenters. The second kappa shape index (κ2) is 7.65. The average Bonchev–Trinajstić information content (AvgIpc) is 3.06. The maximum atomic E-state index is 5.41. The van der Waals surface area contributed by atoms with Gasteiger partial charge in [0.1, 0.15) is 17.9 Å². The molecule has 0 spiro atoms. The first-order chi connectivity index (χ1) is 11.7. The Morgan fingerprint density at radius 3 is 3.17 bits per heavy atom. The lowest BCUT2D eigenvalue weighted by molar-refractivity contribution is 0.392. The number of aliphatic imine (C=N–C) groups is 1. The molecule has 1 atom stereocenters. The van der Waals surface area contributed by atoms with Crippen molar-refractivity contribution in [2.75, 3.05) is 14.2 Å². The molecule has 1 aliphatic heterocycles. The molecular weight excluding hydrogens is 372 g/mol. The standard InChI is InChI=1S/C16H21BrN6O/c1-18-16(19-8-11-7-12(17)3-5-14(11)24-2)22-13-4-6-15-20-10-21-23(15)9-13/h3,5,7,10,13H,4,6,8-9H2,1-2H3,(H2,18,19,22). The van der Waals surface area contributed by atoms with Crippen molar-refractivity contribution in [1.29, 1.82) is 0 Å². The van der Waals surface area contributed by atoms with Gasteiger partial charge in [-0.2, -0.15) is 5.10 Å². The van der Waals surface area contributed by atoms with Gasteiger partial charge in [0.2, 0.25) is 0 Å². The zero-order valence-corrected chi connectivity index (χ0v) is 15.4. The number of benzene rings is 1. The van der Waals surface area contributed by atoms with Gasteiger partial charge in [-0.3, -0.25) is 4.99 Å². The molecular formula is C16H21BrN6O. The van der Waals surface area contributed by atoms with Crippen molar-refractivity contribution in [3.63, 3.8) is 0 Å². The lowest BCUT2D eigenvalue weighted by Gasteiger charge is -2.25. The van der Waals surface area contributed by atoms with Gasteiger partial charge in [-0.1, -0.05) is 15.9 Å². The summed E-state index contributed by atoms with van der Waals surface area (Å²) in [4.78, 5) is 8.57. The highest BCUT2D eigenvalue weighted by Gasteiger charge is 2.20. The minimum atomic E-state index is 0.287. The van der Waals surface area contributed by atoms with Crippen LogP contribution in [0.3, 0.4) is 0 Å². The molecule has 3 rings (SSSR count). The molecule has 7 nitrogen and oxygen atoms in total. The van der Waals surface area contributed by atoms with Crippen LogP contribution >= 0.6 is 15.9 Å². The molecule has 2 N–H and O–H groups in total. The van der Waals surface area contributed by atoms with Crippen molar-refractivity contribution in [3.05, 3.63) is 40.4 Å².